The lowest BCUT2D eigenvalue weighted by Crippen LogP contribution is -2.30. The zero-order chi connectivity index (χ0) is 17.7. The number of nitriles is 1. The molecule has 4 nitrogen and oxygen atoms in total. The lowest BCUT2D eigenvalue weighted by molar-refractivity contribution is -0.122. The number of halogens is 1. The number of amides is 1. The van der Waals surface area contributed by atoms with Crippen molar-refractivity contribution >= 4 is 23.2 Å². The van der Waals surface area contributed by atoms with E-state index in [1.165, 1.54) is 6.07 Å². The van der Waals surface area contributed by atoms with Gasteiger partial charge in [-0.25, -0.2) is 0 Å². The third-order valence-corrected chi connectivity index (χ3v) is 3.87. The molecule has 0 spiro atoms. The van der Waals surface area contributed by atoms with Crippen LogP contribution in [0.1, 0.15) is 37.8 Å². The lowest BCUT2D eigenvalue weighted by atomic mass is 10.0. The highest BCUT2D eigenvalue weighted by Gasteiger charge is 2.18. The van der Waals surface area contributed by atoms with Crippen molar-refractivity contribution in [3.63, 3.8) is 0 Å². The van der Waals surface area contributed by atoms with Crippen LogP contribution in [0.5, 0.6) is 5.75 Å². The van der Waals surface area contributed by atoms with Crippen molar-refractivity contribution in [2.24, 2.45) is 0 Å². The molecule has 0 unspecified atom stereocenters. The minimum absolute atomic E-state index is 0.261. The number of carbonyl (C=O) groups is 1. The van der Waals surface area contributed by atoms with Gasteiger partial charge in [0.15, 0.2) is 6.10 Å². The van der Waals surface area contributed by atoms with Gasteiger partial charge in [-0.05, 0) is 42.7 Å². The minimum atomic E-state index is -0.726. The zero-order valence-corrected chi connectivity index (χ0v) is 14.6. The van der Waals surface area contributed by atoms with E-state index in [1.54, 1.807) is 19.1 Å². The molecule has 0 aliphatic rings. The van der Waals surface area contributed by atoms with Crippen molar-refractivity contribution in [3.8, 4) is 11.8 Å². The molecule has 0 saturated heterocycles. The average Bonchev–Trinajstić information content (AvgIpc) is 2.56. The van der Waals surface area contributed by atoms with Gasteiger partial charge in [-0.1, -0.05) is 43.6 Å². The van der Waals surface area contributed by atoms with Crippen LogP contribution in [0.4, 0.5) is 5.69 Å². The molecular weight excluding hydrogens is 324 g/mol. The van der Waals surface area contributed by atoms with E-state index in [0.717, 1.165) is 11.3 Å². The van der Waals surface area contributed by atoms with Gasteiger partial charge in [-0.2, -0.15) is 5.26 Å². The van der Waals surface area contributed by atoms with Gasteiger partial charge < -0.3 is 10.1 Å². The number of nitrogens with one attached hydrogen (secondary N) is 1. The van der Waals surface area contributed by atoms with Gasteiger partial charge in [0.05, 0.1) is 16.7 Å². The molecule has 2 rings (SSSR count). The quantitative estimate of drug-likeness (QED) is 0.853. The summed E-state index contributed by atoms with van der Waals surface area (Å²) in [6.45, 7) is 5.80. The predicted octanol–water partition coefficient (Wildman–Crippen LogP) is 4.74. The van der Waals surface area contributed by atoms with E-state index < -0.39 is 6.10 Å². The van der Waals surface area contributed by atoms with Gasteiger partial charge >= 0.3 is 0 Å². The molecule has 0 saturated carbocycles. The number of hydrogen-bond acceptors (Lipinski definition) is 3. The first-order chi connectivity index (χ1) is 11.4. The number of nitrogens with zero attached hydrogens (tertiary/aromatic N) is 1. The lowest BCUT2D eigenvalue weighted by Gasteiger charge is -2.18. The van der Waals surface area contributed by atoms with Gasteiger partial charge in [0, 0.05) is 5.69 Å². The van der Waals surface area contributed by atoms with E-state index in [-0.39, 0.29) is 5.91 Å². The summed E-state index contributed by atoms with van der Waals surface area (Å²) in [5.74, 6) is 0.407. The Morgan fingerprint density at radius 2 is 1.92 bits per heavy atom. The van der Waals surface area contributed by atoms with Crippen molar-refractivity contribution < 1.29 is 9.53 Å². The van der Waals surface area contributed by atoms with E-state index >= 15 is 0 Å². The summed E-state index contributed by atoms with van der Waals surface area (Å²) in [5.41, 5.74) is 2.28. The molecule has 24 heavy (non-hydrogen) atoms. The smallest absolute Gasteiger partial charge is 0.265 e. The largest absolute Gasteiger partial charge is 0.479 e. The summed E-state index contributed by atoms with van der Waals surface area (Å²) in [7, 11) is 0. The average molecular weight is 343 g/mol. The fourth-order valence-corrected chi connectivity index (χ4v) is 2.48. The summed E-state index contributed by atoms with van der Waals surface area (Å²) in [5, 5.41) is 12.0. The normalized spacial score (nSPS) is 11.7. The molecule has 0 aliphatic heterocycles. The van der Waals surface area contributed by atoms with E-state index in [4.69, 9.17) is 21.6 Å². The Labute approximate surface area is 147 Å². The first kappa shape index (κ1) is 17.8. The maximum absolute atomic E-state index is 12.4. The van der Waals surface area contributed by atoms with Crippen LogP contribution in [0.2, 0.25) is 5.02 Å². The van der Waals surface area contributed by atoms with Gasteiger partial charge in [0.2, 0.25) is 0 Å². The topological polar surface area (TPSA) is 62.1 Å². The molecular formula is C19H19ClN2O2. The van der Waals surface area contributed by atoms with Crippen LogP contribution in [0.25, 0.3) is 0 Å². The first-order valence-corrected chi connectivity index (χ1v) is 8.06. The molecule has 1 N–H and O–H groups in total. The standard InChI is InChI=1S/C19H19ClN2O2/c1-12(2)15-6-4-5-7-17(15)22-19(23)13(3)24-18-9-8-14(11-21)10-16(18)20/h4-10,12-13H,1-3H3,(H,22,23)/t13-/m0/s1. The molecule has 0 bridgehead atoms. The molecule has 2 aromatic rings. The van der Waals surface area contributed by atoms with Crippen molar-refractivity contribution in [2.75, 3.05) is 5.32 Å². The monoisotopic (exact) mass is 342 g/mol. The Kier molecular flexibility index (Phi) is 5.83. The predicted molar refractivity (Wildman–Crippen MR) is 95.4 cm³/mol. The van der Waals surface area contributed by atoms with Crippen LogP contribution >= 0.6 is 11.6 Å². The van der Waals surface area contributed by atoms with Crippen LogP contribution in [0.15, 0.2) is 42.5 Å². The highest BCUT2D eigenvalue weighted by atomic mass is 35.5. The summed E-state index contributed by atoms with van der Waals surface area (Å²) in [4.78, 5) is 12.4. The van der Waals surface area contributed by atoms with Gasteiger partial charge in [0.25, 0.3) is 5.91 Å². The Morgan fingerprint density at radius 1 is 1.21 bits per heavy atom. The summed E-state index contributed by atoms with van der Waals surface area (Å²) in [6.07, 6.45) is -0.726. The van der Waals surface area contributed by atoms with Crippen LogP contribution in [0.3, 0.4) is 0 Å². The fraction of sp³-hybridized carbons (Fsp3) is 0.263. The number of anilines is 1. The second kappa shape index (κ2) is 7.85. The summed E-state index contributed by atoms with van der Waals surface area (Å²) >= 11 is 6.08. The Morgan fingerprint density at radius 3 is 2.54 bits per heavy atom. The number of para-hydroxylation sites is 1. The number of ether oxygens (including phenoxy) is 1. The van der Waals surface area contributed by atoms with Crippen LogP contribution in [-0.4, -0.2) is 12.0 Å². The van der Waals surface area contributed by atoms with E-state index in [2.05, 4.69) is 19.2 Å². The van der Waals surface area contributed by atoms with E-state index in [9.17, 15) is 4.79 Å². The Hall–Kier alpha value is -2.51. The van der Waals surface area contributed by atoms with Gasteiger partial charge in [-0.3, -0.25) is 4.79 Å². The summed E-state index contributed by atoms with van der Waals surface area (Å²) in [6, 6.07) is 14.4. The van der Waals surface area contributed by atoms with Crippen LogP contribution < -0.4 is 10.1 Å². The number of hydrogen-bond donors (Lipinski definition) is 1. The van der Waals surface area contributed by atoms with Crippen molar-refractivity contribution in [1.29, 1.82) is 5.26 Å². The van der Waals surface area contributed by atoms with Crippen molar-refractivity contribution in [3.05, 3.63) is 58.6 Å². The maximum atomic E-state index is 12.4. The fourth-order valence-electron chi connectivity index (χ4n) is 2.26. The molecule has 5 heteroatoms. The highest BCUT2D eigenvalue weighted by molar-refractivity contribution is 6.32. The number of carbonyl (C=O) groups excluding carboxylic acids is 1. The summed E-state index contributed by atoms with van der Waals surface area (Å²) < 4.78 is 5.63. The second-order valence-electron chi connectivity index (χ2n) is 5.75. The SMILES string of the molecule is CC(C)c1ccccc1NC(=O)[C@H](C)Oc1ccc(C#N)cc1Cl. The molecule has 1 atom stereocenters. The van der Waals surface area contributed by atoms with Crippen molar-refractivity contribution in [1.82, 2.24) is 0 Å². The van der Waals surface area contributed by atoms with Crippen molar-refractivity contribution in [2.45, 2.75) is 32.8 Å². The van der Waals surface area contributed by atoms with Crippen LogP contribution in [-0.2, 0) is 4.79 Å². The maximum Gasteiger partial charge on any atom is 0.265 e. The van der Waals surface area contributed by atoms with E-state index in [1.807, 2.05) is 30.3 Å². The van der Waals surface area contributed by atoms with Gasteiger partial charge in [-0.15, -0.1) is 0 Å². The molecule has 124 valence electrons. The zero-order valence-electron chi connectivity index (χ0n) is 13.8. The Balaban J connectivity index is 2.10. The first-order valence-electron chi connectivity index (χ1n) is 7.68. The molecule has 2 aromatic carbocycles. The molecule has 0 radical (unpaired) electrons. The number of benzene rings is 2. The van der Waals surface area contributed by atoms with Crippen LogP contribution in [0, 0.1) is 11.3 Å². The molecule has 0 aromatic heterocycles. The minimum Gasteiger partial charge on any atom is -0.479 e. The molecule has 1 amide bonds. The molecule has 0 aliphatic carbocycles. The molecule has 0 fully saturated rings. The third-order valence-electron chi connectivity index (χ3n) is 3.57. The second-order valence-corrected chi connectivity index (χ2v) is 6.16. The van der Waals surface area contributed by atoms with Gasteiger partial charge in [0.1, 0.15) is 5.75 Å². The highest BCUT2D eigenvalue weighted by Crippen LogP contribution is 2.27. The Bertz CT molecular complexity index is 781. The number of rotatable bonds is 5. The molecule has 0 heterocycles. The third kappa shape index (κ3) is 4.27. The van der Waals surface area contributed by atoms with E-state index in [0.29, 0.717) is 22.3 Å².